The summed E-state index contributed by atoms with van der Waals surface area (Å²) < 4.78 is 10.4. The molecule has 6 heteroatoms. The number of oxazole rings is 1. The number of rotatable bonds is 3. The Morgan fingerprint density at radius 2 is 2.18 bits per heavy atom. The molecule has 2 N–H and O–H groups in total. The van der Waals surface area contributed by atoms with E-state index in [2.05, 4.69) is 4.98 Å². The van der Waals surface area contributed by atoms with Gasteiger partial charge in [-0.15, -0.1) is 0 Å². The van der Waals surface area contributed by atoms with E-state index in [0.717, 1.165) is 0 Å². The van der Waals surface area contributed by atoms with E-state index in [1.54, 1.807) is 12.1 Å². The summed E-state index contributed by atoms with van der Waals surface area (Å²) in [5, 5.41) is 0.926. The van der Waals surface area contributed by atoms with Crippen LogP contribution in [0.1, 0.15) is 5.89 Å². The highest BCUT2D eigenvalue weighted by Crippen LogP contribution is 2.38. The normalized spacial score (nSPS) is 10.6. The second-order valence-electron chi connectivity index (χ2n) is 3.30. The van der Waals surface area contributed by atoms with Gasteiger partial charge in [-0.25, -0.2) is 4.98 Å². The van der Waals surface area contributed by atoms with Gasteiger partial charge in [0, 0.05) is 10.6 Å². The summed E-state index contributed by atoms with van der Waals surface area (Å²) in [7, 11) is 1.53. The van der Waals surface area contributed by atoms with Gasteiger partial charge in [0.25, 0.3) is 0 Å². The Balaban J connectivity index is 2.57. The van der Waals surface area contributed by atoms with Gasteiger partial charge in [-0.2, -0.15) is 0 Å². The molecule has 2 aromatic rings. The topological polar surface area (TPSA) is 61.3 Å². The second-order valence-corrected chi connectivity index (χ2v) is 4.14. The number of hydrogen-bond donors (Lipinski definition) is 1. The summed E-state index contributed by atoms with van der Waals surface area (Å²) in [4.78, 5) is 4.20. The molecule has 17 heavy (non-hydrogen) atoms. The van der Waals surface area contributed by atoms with Crippen LogP contribution in [0.15, 0.2) is 22.8 Å². The lowest BCUT2D eigenvalue weighted by Gasteiger charge is -2.08. The Bertz CT molecular complexity index is 540. The molecule has 1 heterocycles. The fraction of sp³-hybridized carbons (Fsp3) is 0.182. The van der Waals surface area contributed by atoms with Gasteiger partial charge in [0.2, 0.25) is 5.89 Å². The molecule has 0 radical (unpaired) electrons. The van der Waals surface area contributed by atoms with Gasteiger partial charge in [-0.3, -0.25) is 0 Å². The Kier molecular flexibility index (Phi) is 3.57. The van der Waals surface area contributed by atoms with E-state index in [1.165, 1.54) is 13.4 Å². The summed E-state index contributed by atoms with van der Waals surface area (Å²) in [6.07, 6.45) is 1.49. The maximum Gasteiger partial charge on any atom is 0.208 e. The summed E-state index contributed by atoms with van der Waals surface area (Å²) in [6.45, 7) is 0.233. The van der Waals surface area contributed by atoms with Crippen molar-refractivity contribution in [1.82, 2.24) is 4.98 Å². The molecule has 0 spiro atoms. The predicted octanol–water partition coefficient (Wildman–Crippen LogP) is 3.12. The third-order valence-corrected chi connectivity index (χ3v) is 2.71. The smallest absolute Gasteiger partial charge is 0.208 e. The van der Waals surface area contributed by atoms with Crippen molar-refractivity contribution in [2.24, 2.45) is 5.73 Å². The standard InChI is InChI=1S/C11H10Cl2N2O2/c1-16-11-7(2-6(12)3-8(11)13)9-5-17-10(4-14)15-9/h2-3,5H,4,14H2,1H3. The lowest BCUT2D eigenvalue weighted by atomic mass is 10.1. The first-order valence-corrected chi connectivity index (χ1v) is 5.59. The van der Waals surface area contributed by atoms with Crippen molar-refractivity contribution in [2.45, 2.75) is 6.54 Å². The molecule has 1 aromatic heterocycles. The zero-order valence-corrected chi connectivity index (χ0v) is 10.5. The molecule has 0 amide bonds. The van der Waals surface area contributed by atoms with Crippen LogP contribution in [0.3, 0.4) is 0 Å². The molecule has 0 aliphatic rings. The van der Waals surface area contributed by atoms with Crippen molar-refractivity contribution >= 4 is 23.2 Å². The number of benzene rings is 1. The molecule has 0 bridgehead atoms. The Morgan fingerprint density at radius 3 is 2.76 bits per heavy atom. The Hall–Kier alpha value is -1.23. The molecule has 0 aliphatic carbocycles. The van der Waals surface area contributed by atoms with Crippen LogP contribution >= 0.6 is 23.2 Å². The van der Waals surface area contributed by atoms with Crippen LogP contribution in [0.4, 0.5) is 0 Å². The van der Waals surface area contributed by atoms with E-state index in [9.17, 15) is 0 Å². The quantitative estimate of drug-likeness (QED) is 0.933. The molecule has 0 aliphatic heterocycles. The minimum atomic E-state index is 0.233. The molecule has 2 rings (SSSR count). The zero-order chi connectivity index (χ0) is 12.4. The number of methoxy groups -OCH3 is 1. The Labute approximate surface area is 108 Å². The third-order valence-electron chi connectivity index (χ3n) is 2.21. The van der Waals surface area contributed by atoms with Crippen LogP contribution in [0.5, 0.6) is 5.75 Å². The van der Waals surface area contributed by atoms with Crippen molar-refractivity contribution in [3.05, 3.63) is 34.3 Å². The molecule has 0 unspecified atom stereocenters. The molecule has 0 saturated carbocycles. The van der Waals surface area contributed by atoms with Crippen molar-refractivity contribution < 1.29 is 9.15 Å². The van der Waals surface area contributed by atoms with Crippen molar-refractivity contribution in [3.63, 3.8) is 0 Å². The monoisotopic (exact) mass is 272 g/mol. The fourth-order valence-corrected chi connectivity index (χ4v) is 2.06. The third kappa shape index (κ3) is 2.39. The largest absolute Gasteiger partial charge is 0.494 e. The highest BCUT2D eigenvalue weighted by Gasteiger charge is 2.15. The zero-order valence-electron chi connectivity index (χ0n) is 9.04. The first kappa shape index (κ1) is 12.2. The highest BCUT2D eigenvalue weighted by atomic mass is 35.5. The Morgan fingerprint density at radius 1 is 1.41 bits per heavy atom. The molecule has 0 fully saturated rings. The van der Waals surface area contributed by atoms with Crippen molar-refractivity contribution in [3.8, 4) is 17.0 Å². The maximum atomic E-state index is 6.03. The molecule has 1 aromatic carbocycles. The average molecular weight is 273 g/mol. The number of nitrogens with two attached hydrogens (primary N) is 1. The van der Waals surface area contributed by atoms with E-state index in [0.29, 0.717) is 32.9 Å². The van der Waals surface area contributed by atoms with Gasteiger partial charge in [-0.1, -0.05) is 23.2 Å². The van der Waals surface area contributed by atoms with Crippen LogP contribution in [-0.4, -0.2) is 12.1 Å². The van der Waals surface area contributed by atoms with Gasteiger partial charge < -0.3 is 14.9 Å². The summed E-state index contributed by atoms with van der Waals surface area (Å²) in [5.41, 5.74) is 6.70. The summed E-state index contributed by atoms with van der Waals surface area (Å²) >= 11 is 12.0. The molecule has 4 nitrogen and oxygen atoms in total. The molecule has 0 atom stereocenters. The van der Waals surface area contributed by atoms with E-state index >= 15 is 0 Å². The predicted molar refractivity (Wildman–Crippen MR) is 66.4 cm³/mol. The van der Waals surface area contributed by atoms with Crippen LogP contribution in [0.2, 0.25) is 10.0 Å². The minimum Gasteiger partial charge on any atom is -0.494 e. The summed E-state index contributed by atoms with van der Waals surface area (Å²) in [5.74, 6) is 0.950. The number of aromatic nitrogens is 1. The fourth-order valence-electron chi connectivity index (χ4n) is 1.49. The van der Waals surface area contributed by atoms with Gasteiger partial charge in [0.1, 0.15) is 17.7 Å². The van der Waals surface area contributed by atoms with Crippen LogP contribution in [-0.2, 0) is 6.54 Å². The first-order valence-electron chi connectivity index (χ1n) is 4.83. The first-order chi connectivity index (χ1) is 8.15. The van der Waals surface area contributed by atoms with E-state index < -0.39 is 0 Å². The number of halogens is 2. The number of nitrogens with zero attached hydrogens (tertiary/aromatic N) is 1. The summed E-state index contributed by atoms with van der Waals surface area (Å²) in [6, 6.07) is 3.32. The second kappa shape index (κ2) is 4.96. The lowest BCUT2D eigenvalue weighted by Crippen LogP contribution is -1.96. The van der Waals surface area contributed by atoms with E-state index in [1.807, 2.05) is 0 Å². The highest BCUT2D eigenvalue weighted by molar-refractivity contribution is 6.36. The minimum absolute atomic E-state index is 0.233. The molecule has 0 saturated heterocycles. The van der Waals surface area contributed by atoms with E-state index in [-0.39, 0.29) is 6.54 Å². The van der Waals surface area contributed by atoms with Crippen molar-refractivity contribution in [1.29, 1.82) is 0 Å². The van der Waals surface area contributed by atoms with Crippen LogP contribution in [0, 0.1) is 0 Å². The van der Waals surface area contributed by atoms with Crippen molar-refractivity contribution in [2.75, 3.05) is 7.11 Å². The van der Waals surface area contributed by atoms with Crippen LogP contribution in [0.25, 0.3) is 11.3 Å². The van der Waals surface area contributed by atoms with Gasteiger partial charge in [0.15, 0.2) is 0 Å². The average Bonchev–Trinajstić information content (AvgIpc) is 2.76. The number of ether oxygens (including phenoxy) is 1. The van der Waals surface area contributed by atoms with Gasteiger partial charge in [0.05, 0.1) is 18.7 Å². The SMILES string of the molecule is COc1c(Cl)cc(Cl)cc1-c1coc(CN)n1. The van der Waals surface area contributed by atoms with E-state index in [4.69, 9.17) is 38.1 Å². The number of hydrogen-bond acceptors (Lipinski definition) is 4. The van der Waals surface area contributed by atoms with Gasteiger partial charge in [-0.05, 0) is 12.1 Å². The maximum absolute atomic E-state index is 6.03. The lowest BCUT2D eigenvalue weighted by molar-refractivity contribution is 0.416. The molecule has 90 valence electrons. The van der Waals surface area contributed by atoms with Gasteiger partial charge >= 0.3 is 0 Å². The molecular weight excluding hydrogens is 263 g/mol. The van der Waals surface area contributed by atoms with Crippen LogP contribution < -0.4 is 10.5 Å². The molecular formula is C11H10Cl2N2O2.